The van der Waals surface area contributed by atoms with Gasteiger partial charge >= 0.3 is 0 Å². The second-order valence-electron chi connectivity index (χ2n) is 4.84. The molecule has 0 atom stereocenters. The Morgan fingerprint density at radius 3 is 2.62 bits per heavy atom. The van der Waals surface area contributed by atoms with Crippen molar-refractivity contribution in [3.05, 3.63) is 59.1 Å². The van der Waals surface area contributed by atoms with E-state index in [-0.39, 0.29) is 0 Å². The molecule has 0 spiro atoms. The van der Waals surface area contributed by atoms with Crippen LogP contribution in [0.3, 0.4) is 0 Å². The number of rotatable bonds is 7. The Morgan fingerprint density at radius 2 is 1.90 bits per heavy atom. The van der Waals surface area contributed by atoms with Gasteiger partial charge in [0, 0.05) is 43.6 Å². The smallest absolute Gasteiger partial charge is 0.0587 e. The molecule has 0 heterocycles. The molecule has 2 rings (SSSR count). The van der Waals surface area contributed by atoms with Crippen molar-refractivity contribution in [2.45, 2.75) is 6.54 Å². The number of halogens is 1. The van der Waals surface area contributed by atoms with E-state index in [0.29, 0.717) is 6.61 Å². The molecule has 0 saturated carbocycles. The molecule has 0 aliphatic heterocycles. The molecule has 21 heavy (non-hydrogen) atoms. The third-order valence-electron chi connectivity index (χ3n) is 3.35. The van der Waals surface area contributed by atoms with E-state index >= 15 is 0 Å². The summed E-state index contributed by atoms with van der Waals surface area (Å²) in [5.41, 5.74) is 3.46. The highest BCUT2D eigenvalue weighted by Gasteiger charge is 2.09. The minimum atomic E-state index is 0.706. The van der Waals surface area contributed by atoms with Crippen molar-refractivity contribution in [2.75, 3.05) is 32.2 Å². The summed E-state index contributed by atoms with van der Waals surface area (Å²) in [4.78, 5) is 2.15. The van der Waals surface area contributed by atoms with Gasteiger partial charge in [0.1, 0.15) is 0 Å². The number of anilines is 2. The molecule has 0 bridgehead atoms. The first-order valence-electron chi connectivity index (χ1n) is 6.99. The molecule has 0 saturated heterocycles. The molecule has 0 fully saturated rings. The van der Waals surface area contributed by atoms with Crippen LogP contribution < -0.4 is 10.2 Å². The van der Waals surface area contributed by atoms with Gasteiger partial charge in [-0.05, 0) is 29.8 Å². The zero-order chi connectivity index (χ0) is 15.1. The van der Waals surface area contributed by atoms with Gasteiger partial charge in [-0.15, -0.1) is 0 Å². The van der Waals surface area contributed by atoms with Crippen molar-refractivity contribution in [3.8, 4) is 0 Å². The second kappa shape index (κ2) is 8.03. The molecule has 112 valence electrons. The Hall–Kier alpha value is -1.55. The summed E-state index contributed by atoms with van der Waals surface area (Å²) in [6, 6.07) is 16.3. The van der Waals surface area contributed by atoms with Crippen LogP contribution in [0, 0.1) is 0 Å². The van der Waals surface area contributed by atoms with E-state index in [1.54, 1.807) is 7.11 Å². The number of hydrogen-bond acceptors (Lipinski definition) is 3. The molecule has 2 aromatic rings. The van der Waals surface area contributed by atoms with E-state index < -0.39 is 0 Å². The fourth-order valence-corrected chi connectivity index (χ4v) is 2.35. The Balaban J connectivity index is 2.18. The van der Waals surface area contributed by atoms with E-state index in [9.17, 15) is 0 Å². The number of hydrogen-bond donors (Lipinski definition) is 1. The standard InChI is InChI=1S/C17H21ClN2O/c1-20(16-6-4-3-5-7-16)17-12-15(18)9-8-14(17)13-19-10-11-21-2/h3-9,12,19H,10-11,13H2,1-2H3. The maximum Gasteiger partial charge on any atom is 0.0587 e. The van der Waals surface area contributed by atoms with Crippen molar-refractivity contribution in [1.82, 2.24) is 5.32 Å². The highest BCUT2D eigenvalue weighted by Crippen LogP contribution is 2.29. The van der Waals surface area contributed by atoms with Crippen molar-refractivity contribution < 1.29 is 4.74 Å². The maximum absolute atomic E-state index is 6.17. The topological polar surface area (TPSA) is 24.5 Å². The van der Waals surface area contributed by atoms with Crippen molar-refractivity contribution in [2.24, 2.45) is 0 Å². The van der Waals surface area contributed by atoms with Gasteiger partial charge in [0.2, 0.25) is 0 Å². The quantitative estimate of drug-likeness (QED) is 0.787. The summed E-state index contributed by atoms with van der Waals surface area (Å²) in [5.74, 6) is 0. The van der Waals surface area contributed by atoms with E-state index in [4.69, 9.17) is 16.3 Å². The molecule has 4 heteroatoms. The second-order valence-corrected chi connectivity index (χ2v) is 5.27. The fourth-order valence-electron chi connectivity index (χ4n) is 2.19. The zero-order valence-electron chi connectivity index (χ0n) is 12.5. The minimum absolute atomic E-state index is 0.706. The van der Waals surface area contributed by atoms with Gasteiger partial charge in [0.05, 0.1) is 6.61 Å². The van der Waals surface area contributed by atoms with Crippen molar-refractivity contribution in [3.63, 3.8) is 0 Å². The van der Waals surface area contributed by atoms with Crippen molar-refractivity contribution in [1.29, 1.82) is 0 Å². The Morgan fingerprint density at radius 1 is 1.14 bits per heavy atom. The summed E-state index contributed by atoms with van der Waals surface area (Å²) in [7, 11) is 3.76. The largest absolute Gasteiger partial charge is 0.383 e. The average Bonchev–Trinajstić information content (AvgIpc) is 2.53. The Labute approximate surface area is 131 Å². The predicted octanol–water partition coefficient (Wildman–Crippen LogP) is 3.84. The van der Waals surface area contributed by atoms with Crippen LogP contribution in [-0.4, -0.2) is 27.3 Å². The SMILES string of the molecule is COCCNCc1ccc(Cl)cc1N(C)c1ccccc1. The average molecular weight is 305 g/mol. The molecule has 2 aromatic carbocycles. The molecule has 0 aliphatic carbocycles. The summed E-state index contributed by atoms with van der Waals surface area (Å²) >= 11 is 6.17. The fraction of sp³-hybridized carbons (Fsp3) is 0.294. The number of methoxy groups -OCH3 is 1. The van der Waals surface area contributed by atoms with E-state index in [1.165, 1.54) is 5.56 Å². The first-order chi connectivity index (χ1) is 10.2. The van der Waals surface area contributed by atoms with Gasteiger partial charge in [-0.25, -0.2) is 0 Å². The molecule has 1 N–H and O–H groups in total. The number of nitrogens with one attached hydrogen (secondary N) is 1. The number of benzene rings is 2. The highest BCUT2D eigenvalue weighted by molar-refractivity contribution is 6.30. The third kappa shape index (κ3) is 4.46. The summed E-state index contributed by atoms with van der Waals surface area (Å²) in [6.45, 7) is 2.32. The summed E-state index contributed by atoms with van der Waals surface area (Å²) in [6.07, 6.45) is 0. The van der Waals surface area contributed by atoms with Crippen LogP contribution in [0.25, 0.3) is 0 Å². The summed E-state index contributed by atoms with van der Waals surface area (Å²) in [5, 5.41) is 4.12. The van der Waals surface area contributed by atoms with Crippen LogP contribution in [0.4, 0.5) is 11.4 Å². The van der Waals surface area contributed by atoms with Crippen LogP contribution in [0.2, 0.25) is 5.02 Å². The van der Waals surface area contributed by atoms with Crippen LogP contribution >= 0.6 is 11.6 Å². The lowest BCUT2D eigenvalue weighted by molar-refractivity contribution is 0.199. The Bertz CT molecular complexity index is 560. The van der Waals surface area contributed by atoms with Crippen LogP contribution in [-0.2, 0) is 11.3 Å². The molecular weight excluding hydrogens is 284 g/mol. The molecule has 0 aliphatic rings. The highest BCUT2D eigenvalue weighted by atomic mass is 35.5. The lowest BCUT2D eigenvalue weighted by Gasteiger charge is -2.23. The summed E-state index contributed by atoms with van der Waals surface area (Å²) < 4.78 is 5.05. The first kappa shape index (κ1) is 15.8. The lowest BCUT2D eigenvalue weighted by atomic mass is 10.1. The van der Waals surface area contributed by atoms with Gasteiger partial charge in [0.25, 0.3) is 0 Å². The number of ether oxygens (including phenoxy) is 1. The zero-order valence-corrected chi connectivity index (χ0v) is 13.2. The number of para-hydroxylation sites is 1. The van der Waals surface area contributed by atoms with Crippen molar-refractivity contribution >= 4 is 23.0 Å². The van der Waals surface area contributed by atoms with Gasteiger partial charge in [-0.3, -0.25) is 0 Å². The molecule has 0 aromatic heterocycles. The third-order valence-corrected chi connectivity index (χ3v) is 3.59. The van der Waals surface area contributed by atoms with E-state index in [2.05, 4.69) is 35.5 Å². The maximum atomic E-state index is 6.17. The van der Waals surface area contributed by atoms with Gasteiger partial charge in [-0.1, -0.05) is 35.9 Å². The van der Waals surface area contributed by atoms with Crippen LogP contribution in [0.5, 0.6) is 0 Å². The Kier molecular flexibility index (Phi) is 6.05. The molecule has 0 amide bonds. The van der Waals surface area contributed by atoms with Gasteiger partial charge < -0.3 is 15.0 Å². The van der Waals surface area contributed by atoms with Crippen LogP contribution in [0.1, 0.15) is 5.56 Å². The van der Waals surface area contributed by atoms with E-state index in [1.807, 2.05) is 30.3 Å². The van der Waals surface area contributed by atoms with Gasteiger partial charge in [0.15, 0.2) is 0 Å². The molecule has 0 unspecified atom stereocenters. The minimum Gasteiger partial charge on any atom is -0.383 e. The molecule has 3 nitrogen and oxygen atoms in total. The monoisotopic (exact) mass is 304 g/mol. The van der Waals surface area contributed by atoms with Crippen LogP contribution in [0.15, 0.2) is 48.5 Å². The normalized spacial score (nSPS) is 10.6. The van der Waals surface area contributed by atoms with E-state index in [0.717, 1.165) is 29.5 Å². The predicted molar refractivity (Wildman–Crippen MR) is 89.5 cm³/mol. The molecule has 0 radical (unpaired) electrons. The lowest BCUT2D eigenvalue weighted by Crippen LogP contribution is -2.20. The molecular formula is C17H21ClN2O. The number of nitrogens with zero attached hydrogens (tertiary/aromatic N) is 1. The first-order valence-corrected chi connectivity index (χ1v) is 7.37. The van der Waals surface area contributed by atoms with Gasteiger partial charge in [-0.2, -0.15) is 0 Å².